The van der Waals surface area contributed by atoms with E-state index in [0.29, 0.717) is 5.75 Å². The van der Waals surface area contributed by atoms with Crippen LogP contribution in [-0.2, 0) is 6.42 Å². The Balaban J connectivity index is 2.13. The van der Waals surface area contributed by atoms with E-state index in [-0.39, 0.29) is 6.04 Å². The molecule has 0 aromatic heterocycles. The lowest BCUT2D eigenvalue weighted by molar-refractivity contribution is -0.690. The van der Waals surface area contributed by atoms with Gasteiger partial charge in [-0.25, -0.2) is 0 Å². The molecule has 2 aromatic carbocycles. The average Bonchev–Trinajstić information content (AvgIpc) is 2.55. The fourth-order valence-corrected chi connectivity index (χ4v) is 3.42. The normalized spacial score (nSPS) is 17.0. The zero-order valence-electron chi connectivity index (χ0n) is 12.6. The summed E-state index contributed by atoms with van der Waals surface area (Å²) in [5.41, 5.74) is 3.31. The molecule has 1 atom stereocenters. The number of quaternary nitrogens is 1. The second-order valence-corrected chi connectivity index (χ2v) is 6.28. The molecular weight excluding hydrogens is 346 g/mol. The molecule has 22 heavy (non-hydrogen) atoms. The van der Waals surface area contributed by atoms with Crippen molar-refractivity contribution >= 4 is 15.9 Å². The van der Waals surface area contributed by atoms with Gasteiger partial charge in [-0.2, -0.15) is 0 Å². The molecular formula is C17H19BrNO3+. The van der Waals surface area contributed by atoms with Gasteiger partial charge in [-0.15, -0.1) is 0 Å². The summed E-state index contributed by atoms with van der Waals surface area (Å²) < 4.78 is 11.8. The fourth-order valence-electron chi connectivity index (χ4n) is 3.04. The van der Waals surface area contributed by atoms with Gasteiger partial charge in [0.2, 0.25) is 0 Å². The van der Waals surface area contributed by atoms with Gasteiger partial charge in [0.25, 0.3) is 0 Å². The molecule has 1 aliphatic rings. The number of rotatable bonds is 3. The molecule has 2 aromatic rings. The van der Waals surface area contributed by atoms with Crippen molar-refractivity contribution in [2.45, 2.75) is 12.5 Å². The number of fused-ring (bicyclic) bond motifs is 1. The highest BCUT2D eigenvalue weighted by atomic mass is 79.9. The van der Waals surface area contributed by atoms with Crippen LogP contribution in [0.25, 0.3) is 0 Å². The zero-order valence-corrected chi connectivity index (χ0v) is 14.2. The molecule has 0 aliphatic carbocycles. The maximum absolute atomic E-state index is 10.2. The van der Waals surface area contributed by atoms with E-state index in [1.807, 2.05) is 24.3 Å². The van der Waals surface area contributed by atoms with E-state index in [2.05, 4.69) is 21.2 Å². The molecule has 1 heterocycles. The Hall–Kier alpha value is -1.72. The summed E-state index contributed by atoms with van der Waals surface area (Å²) in [6, 6.07) is 9.67. The molecule has 0 radical (unpaired) electrons. The van der Waals surface area contributed by atoms with E-state index in [1.165, 1.54) is 5.56 Å². The number of aromatic hydroxyl groups is 1. The third-order valence-corrected chi connectivity index (χ3v) is 4.61. The molecule has 116 valence electrons. The molecule has 0 fully saturated rings. The van der Waals surface area contributed by atoms with Gasteiger partial charge in [0.15, 0.2) is 11.5 Å². The highest BCUT2D eigenvalue weighted by Crippen LogP contribution is 2.38. The Morgan fingerprint density at radius 3 is 2.55 bits per heavy atom. The van der Waals surface area contributed by atoms with Crippen LogP contribution in [0, 0.1) is 0 Å². The van der Waals surface area contributed by atoms with E-state index in [1.54, 1.807) is 20.3 Å². The molecule has 0 unspecified atom stereocenters. The number of benzene rings is 2. The van der Waals surface area contributed by atoms with Crippen molar-refractivity contribution < 1.29 is 19.9 Å². The molecule has 0 saturated heterocycles. The predicted molar refractivity (Wildman–Crippen MR) is 87.7 cm³/mol. The summed E-state index contributed by atoms with van der Waals surface area (Å²) in [5.74, 6) is 1.78. The number of phenols is 1. The van der Waals surface area contributed by atoms with Crippen molar-refractivity contribution in [1.29, 1.82) is 0 Å². The number of phenolic OH excluding ortho intramolecular Hbond substituents is 1. The van der Waals surface area contributed by atoms with E-state index in [0.717, 1.165) is 40.1 Å². The first-order valence-electron chi connectivity index (χ1n) is 7.20. The van der Waals surface area contributed by atoms with Gasteiger partial charge in [0.05, 0.1) is 26.3 Å². The molecule has 3 N–H and O–H groups in total. The van der Waals surface area contributed by atoms with E-state index < -0.39 is 0 Å². The lowest BCUT2D eigenvalue weighted by Gasteiger charge is -2.26. The number of methoxy groups -OCH3 is 2. The van der Waals surface area contributed by atoms with Gasteiger partial charge in [-0.3, -0.25) is 0 Å². The van der Waals surface area contributed by atoms with Gasteiger partial charge < -0.3 is 19.9 Å². The van der Waals surface area contributed by atoms with Crippen LogP contribution in [0.15, 0.2) is 34.8 Å². The van der Waals surface area contributed by atoms with Crippen molar-refractivity contribution in [2.75, 3.05) is 20.8 Å². The topological polar surface area (TPSA) is 55.3 Å². The van der Waals surface area contributed by atoms with Crippen LogP contribution in [0.3, 0.4) is 0 Å². The number of nitrogens with two attached hydrogens (primary N) is 1. The second kappa shape index (κ2) is 6.18. The Morgan fingerprint density at radius 1 is 1.09 bits per heavy atom. The Bertz CT molecular complexity index is 703. The van der Waals surface area contributed by atoms with Crippen LogP contribution in [-0.4, -0.2) is 25.9 Å². The first-order valence-corrected chi connectivity index (χ1v) is 8.00. The van der Waals surface area contributed by atoms with Crippen LogP contribution < -0.4 is 14.8 Å². The van der Waals surface area contributed by atoms with E-state index in [4.69, 9.17) is 9.47 Å². The summed E-state index contributed by atoms with van der Waals surface area (Å²) in [5, 5.41) is 12.5. The fraction of sp³-hybridized carbons (Fsp3) is 0.294. The van der Waals surface area contributed by atoms with Crippen LogP contribution in [0.1, 0.15) is 22.7 Å². The highest BCUT2D eigenvalue weighted by molar-refractivity contribution is 9.10. The lowest BCUT2D eigenvalue weighted by atomic mass is 9.89. The third-order valence-electron chi connectivity index (χ3n) is 4.12. The third kappa shape index (κ3) is 2.66. The Labute approximate surface area is 138 Å². The maximum atomic E-state index is 10.2. The summed E-state index contributed by atoms with van der Waals surface area (Å²) in [7, 11) is 3.29. The number of hydrogen-bond donors (Lipinski definition) is 2. The standard InChI is InChI=1S/C17H18BrNO3/c1-21-15-7-10-5-6-19-17(12(10)9-16(15)22-2)13-8-11(18)3-4-14(13)20/h3-4,7-9,17,19-20H,5-6H2,1-2H3/p+1/t17-/m1/s1. The molecule has 1 aliphatic heterocycles. The van der Waals surface area contributed by atoms with Gasteiger partial charge in [0, 0.05) is 16.5 Å². The molecule has 4 nitrogen and oxygen atoms in total. The first kappa shape index (κ1) is 15.2. The Kier molecular flexibility index (Phi) is 4.27. The number of halogens is 1. The van der Waals surface area contributed by atoms with Crippen molar-refractivity contribution in [3.63, 3.8) is 0 Å². The van der Waals surface area contributed by atoms with Gasteiger partial charge >= 0.3 is 0 Å². The summed E-state index contributed by atoms with van der Waals surface area (Å²) in [4.78, 5) is 0. The van der Waals surface area contributed by atoms with Crippen molar-refractivity contribution in [2.24, 2.45) is 0 Å². The van der Waals surface area contributed by atoms with Crippen LogP contribution in [0.4, 0.5) is 0 Å². The summed E-state index contributed by atoms with van der Waals surface area (Å²) in [6.07, 6.45) is 0.973. The highest BCUT2D eigenvalue weighted by Gasteiger charge is 2.29. The minimum atomic E-state index is 0.0565. The Morgan fingerprint density at radius 2 is 1.82 bits per heavy atom. The van der Waals surface area contributed by atoms with Crippen LogP contribution >= 0.6 is 15.9 Å². The SMILES string of the molecule is COc1cc2c(cc1OC)[C@H](c1cc(Br)ccc1O)[NH2+]CC2. The van der Waals surface area contributed by atoms with Crippen molar-refractivity contribution in [1.82, 2.24) is 0 Å². The first-order chi connectivity index (χ1) is 10.6. The second-order valence-electron chi connectivity index (χ2n) is 5.36. The molecule has 0 bridgehead atoms. The number of ether oxygens (including phenoxy) is 2. The van der Waals surface area contributed by atoms with E-state index >= 15 is 0 Å². The average molecular weight is 365 g/mol. The van der Waals surface area contributed by atoms with Crippen molar-refractivity contribution in [3.8, 4) is 17.2 Å². The summed E-state index contributed by atoms with van der Waals surface area (Å²) >= 11 is 3.48. The maximum Gasteiger partial charge on any atom is 0.161 e. The van der Waals surface area contributed by atoms with Crippen LogP contribution in [0.2, 0.25) is 0 Å². The van der Waals surface area contributed by atoms with E-state index in [9.17, 15) is 5.11 Å². The lowest BCUT2D eigenvalue weighted by Crippen LogP contribution is -2.87. The monoisotopic (exact) mass is 364 g/mol. The molecule has 5 heteroatoms. The van der Waals surface area contributed by atoms with Gasteiger partial charge in [-0.1, -0.05) is 15.9 Å². The summed E-state index contributed by atoms with van der Waals surface area (Å²) in [6.45, 7) is 0.971. The molecule has 3 rings (SSSR count). The van der Waals surface area contributed by atoms with Crippen LogP contribution in [0.5, 0.6) is 17.2 Å². The molecule has 0 spiro atoms. The van der Waals surface area contributed by atoms with Gasteiger partial charge in [-0.05, 0) is 35.9 Å². The molecule has 0 amide bonds. The predicted octanol–water partition coefficient (Wildman–Crippen LogP) is 2.38. The quantitative estimate of drug-likeness (QED) is 0.878. The smallest absolute Gasteiger partial charge is 0.161 e. The number of hydrogen-bond acceptors (Lipinski definition) is 3. The molecule has 0 saturated carbocycles. The largest absolute Gasteiger partial charge is 0.507 e. The minimum absolute atomic E-state index is 0.0565. The zero-order chi connectivity index (χ0) is 15.7. The van der Waals surface area contributed by atoms with Crippen molar-refractivity contribution in [3.05, 3.63) is 51.5 Å². The van der Waals surface area contributed by atoms with Gasteiger partial charge in [0.1, 0.15) is 11.8 Å². The minimum Gasteiger partial charge on any atom is -0.507 e.